The Bertz CT molecular complexity index is 1640. The lowest BCUT2D eigenvalue weighted by Gasteiger charge is -2.20. The molecule has 0 aliphatic carbocycles. The second kappa shape index (κ2) is 11.4. The molecular weight excluding hydrogens is 526 g/mol. The Kier molecular flexibility index (Phi) is 8.20. The van der Waals surface area contributed by atoms with Crippen LogP contribution in [-0.4, -0.2) is 57.2 Å². The van der Waals surface area contributed by atoms with Crippen molar-refractivity contribution < 1.29 is 18.7 Å². The molecule has 5 aromatic rings. The van der Waals surface area contributed by atoms with Gasteiger partial charge in [-0.15, -0.1) is 12.4 Å². The maximum Gasteiger partial charge on any atom is 0.349 e. The molecule has 198 valence electrons. The number of rotatable bonds is 8. The number of amides is 1. The number of thiazole rings is 1. The summed E-state index contributed by atoms with van der Waals surface area (Å²) in [5.41, 5.74) is 0.427. The van der Waals surface area contributed by atoms with Crippen LogP contribution in [0.3, 0.4) is 0 Å². The van der Waals surface area contributed by atoms with Crippen LogP contribution in [0, 0.1) is 0 Å². The number of hydrogen-bond acceptors (Lipinski definition) is 8. The number of hydrogen-bond donors (Lipinski definition) is 0. The molecule has 0 fully saturated rings. The maximum atomic E-state index is 13.9. The number of carbonyl (C=O) groups is 1. The number of carbonyl (C=O) groups excluding carboxylic acids is 1. The van der Waals surface area contributed by atoms with E-state index in [1.165, 1.54) is 11.3 Å². The van der Waals surface area contributed by atoms with E-state index in [1.54, 1.807) is 37.3 Å². The van der Waals surface area contributed by atoms with Crippen LogP contribution >= 0.6 is 23.7 Å². The van der Waals surface area contributed by atoms with Gasteiger partial charge in [0.2, 0.25) is 0 Å². The van der Waals surface area contributed by atoms with Crippen molar-refractivity contribution >= 4 is 66.7 Å². The van der Waals surface area contributed by atoms with Gasteiger partial charge in [-0.05, 0) is 50.0 Å². The number of anilines is 1. The van der Waals surface area contributed by atoms with Gasteiger partial charge in [0, 0.05) is 24.1 Å². The Morgan fingerprint density at radius 3 is 2.45 bits per heavy atom. The van der Waals surface area contributed by atoms with Crippen LogP contribution in [0.1, 0.15) is 16.8 Å². The van der Waals surface area contributed by atoms with Crippen molar-refractivity contribution in [1.29, 1.82) is 0 Å². The molecule has 5 rings (SSSR count). The monoisotopic (exact) mass is 553 g/mol. The summed E-state index contributed by atoms with van der Waals surface area (Å²) >= 11 is 1.36. The molecule has 10 heteroatoms. The molecule has 0 unspecified atom stereocenters. The average Bonchev–Trinajstić information content (AvgIpc) is 3.31. The van der Waals surface area contributed by atoms with Gasteiger partial charge in [0.1, 0.15) is 11.1 Å². The zero-order valence-corrected chi connectivity index (χ0v) is 23.1. The first-order valence-corrected chi connectivity index (χ1v) is 12.7. The average molecular weight is 554 g/mol. The highest BCUT2D eigenvalue weighted by Crippen LogP contribution is 2.37. The summed E-state index contributed by atoms with van der Waals surface area (Å²) in [6.07, 6.45) is 0.698. The third kappa shape index (κ3) is 5.18. The van der Waals surface area contributed by atoms with Crippen molar-refractivity contribution in [2.75, 3.05) is 46.3 Å². The molecule has 2 heterocycles. The van der Waals surface area contributed by atoms with E-state index in [0.717, 1.165) is 22.0 Å². The molecule has 1 amide bonds. The Balaban J connectivity index is 0.00000336. The van der Waals surface area contributed by atoms with Crippen LogP contribution < -0.4 is 20.0 Å². The number of halogens is 1. The highest BCUT2D eigenvalue weighted by molar-refractivity contribution is 7.22. The molecule has 0 aliphatic rings. The molecule has 0 bridgehead atoms. The van der Waals surface area contributed by atoms with Crippen LogP contribution in [0.5, 0.6) is 11.5 Å². The van der Waals surface area contributed by atoms with Crippen LogP contribution in [0.15, 0.2) is 63.8 Å². The van der Waals surface area contributed by atoms with Crippen molar-refractivity contribution in [1.82, 2.24) is 9.88 Å². The summed E-state index contributed by atoms with van der Waals surface area (Å²) < 4.78 is 17.3. The number of fused-ring (bicyclic) bond motifs is 4. The predicted octanol–water partition coefficient (Wildman–Crippen LogP) is 5.59. The lowest BCUT2D eigenvalue weighted by atomic mass is 10.0. The van der Waals surface area contributed by atoms with E-state index in [4.69, 9.17) is 18.9 Å². The van der Waals surface area contributed by atoms with Gasteiger partial charge in [0.05, 0.1) is 24.4 Å². The van der Waals surface area contributed by atoms with E-state index in [9.17, 15) is 9.59 Å². The van der Waals surface area contributed by atoms with Gasteiger partial charge >= 0.3 is 5.63 Å². The van der Waals surface area contributed by atoms with Gasteiger partial charge in [-0.25, -0.2) is 9.78 Å². The van der Waals surface area contributed by atoms with Crippen molar-refractivity contribution in [3.05, 3.63) is 70.6 Å². The summed E-state index contributed by atoms with van der Waals surface area (Å²) in [6.45, 7) is 1.16. The lowest BCUT2D eigenvalue weighted by molar-refractivity contribution is 0.0982. The van der Waals surface area contributed by atoms with E-state index < -0.39 is 11.5 Å². The summed E-state index contributed by atoms with van der Waals surface area (Å²) in [5, 5.41) is 3.12. The van der Waals surface area contributed by atoms with Crippen LogP contribution in [0.25, 0.3) is 32.0 Å². The number of ether oxygens (including phenoxy) is 2. The first-order valence-electron chi connectivity index (χ1n) is 11.8. The minimum atomic E-state index is -0.671. The van der Waals surface area contributed by atoms with Gasteiger partial charge in [-0.3, -0.25) is 9.69 Å². The fraction of sp³-hybridized carbons (Fsp3) is 0.250. The molecule has 0 aliphatic heterocycles. The molecule has 0 atom stereocenters. The standard InChI is InChI=1S/C28H27N3O5S.ClH/c1-30(2)12-7-13-31(28-29-21-15-23(34-3)24(35-4)16-25(21)37-28)26(32)20-14-19-18-9-6-5-8-17(18)10-11-22(19)36-27(20)33;/h5-6,8-11,14-16H,7,12-13H2,1-4H3;1H. The fourth-order valence-corrected chi connectivity index (χ4v) is 5.35. The zero-order valence-electron chi connectivity index (χ0n) is 21.5. The van der Waals surface area contributed by atoms with Gasteiger partial charge in [0.25, 0.3) is 5.91 Å². The van der Waals surface area contributed by atoms with Crippen molar-refractivity contribution in [2.45, 2.75) is 6.42 Å². The maximum absolute atomic E-state index is 13.9. The highest BCUT2D eigenvalue weighted by atomic mass is 35.5. The summed E-state index contributed by atoms with van der Waals surface area (Å²) in [7, 11) is 7.10. The van der Waals surface area contributed by atoms with Gasteiger partial charge in [-0.2, -0.15) is 0 Å². The zero-order chi connectivity index (χ0) is 26.1. The van der Waals surface area contributed by atoms with Gasteiger partial charge in [0.15, 0.2) is 16.6 Å². The van der Waals surface area contributed by atoms with Gasteiger partial charge < -0.3 is 18.8 Å². The van der Waals surface area contributed by atoms with Gasteiger partial charge in [-0.1, -0.05) is 41.7 Å². The lowest BCUT2D eigenvalue weighted by Crippen LogP contribution is -2.36. The topological polar surface area (TPSA) is 85.1 Å². The fourth-order valence-electron chi connectivity index (χ4n) is 4.35. The third-order valence-electron chi connectivity index (χ3n) is 6.22. The molecule has 8 nitrogen and oxygen atoms in total. The number of aromatic nitrogens is 1. The minimum Gasteiger partial charge on any atom is -0.493 e. The van der Waals surface area contributed by atoms with E-state index in [1.807, 2.05) is 55.4 Å². The largest absolute Gasteiger partial charge is 0.493 e. The second-order valence-electron chi connectivity index (χ2n) is 8.93. The Morgan fingerprint density at radius 2 is 1.71 bits per heavy atom. The first kappa shape index (κ1) is 27.4. The van der Waals surface area contributed by atoms with E-state index in [2.05, 4.69) is 0 Å². The predicted molar refractivity (Wildman–Crippen MR) is 155 cm³/mol. The summed E-state index contributed by atoms with van der Waals surface area (Å²) in [6, 6.07) is 16.7. The SMILES string of the molecule is COc1cc2nc(N(CCCN(C)C)C(=O)c3cc4c(ccc5ccccc54)oc3=O)sc2cc1OC.Cl. The smallest absolute Gasteiger partial charge is 0.349 e. The molecule has 0 spiro atoms. The normalized spacial score (nSPS) is 11.2. The quantitative estimate of drug-likeness (QED) is 0.183. The minimum absolute atomic E-state index is 0. The second-order valence-corrected chi connectivity index (χ2v) is 9.94. The van der Waals surface area contributed by atoms with Crippen LogP contribution in [0.4, 0.5) is 5.13 Å². The molecule has 3 aromatic carbocycles. The summed E-state index contributed by atoms with van der Waals surface area (Å²) in [5.74, 6) is 0.692. The Morgan fingerprint density at radius 1 is 0.974 bits per heavy atom. The molecular formula is C28H28ClN3O5S. The van der Waals surface area contributed by atoms with E-state index in [-0.39, 0.29) is 18.0 Å². The Labute approximate surface area is 229 Å². The molecule has 0 radical (unpaired) electrons. The molecule has 0 saturated heterocycles. The van der Waals surface area contributed by atoms with Crippen LogP contribution in [-0.2, 0) is 0 Å². The third-order valence-corrected chi connectivity index (χ3v) is 7.26. The van der Waals surface area contributed by atoms with E-state index >= 15 is 0 Å². The van der Waals surface area contributed by atoms with Crippen molar-refractivity contribution in [2.24, 2.45) is 0 Å². The number of nitrogens with zero attached hydrogens (tertiary/aromatic N) is 3. The molecule has 0 saturated carbocycles. The number of benzene rings is 3. The molecule has 2 aromatic heterocycles. The number of methoxy groups -OCH3 is 2. The molecule has 38 heavy (non-hydrogen) atoms. The Hall–Kier alpha value is -3.66. The van der Waals surface area contributed by atoms with E-state index in [0.29, 0.717) is 46.1 Å². The highest BCUT2D eigenvalue weighted by Gasteiger charge is 2.25. The first-order chi connectivity index (χ1) is 17.9. The van der Waals surface area contributed by atoms with Crippen molar-refractivity contribution in [3.63, 3.8) is 0 Å². The summed E-state index contributed by atoms with van der Waals surface area (Å²) in [4.78, 5) is 35.2. The van der Waals surface area contributed by atoms with Crippen LogP contribution in [0.2, 0.25) is 0 Å². The molecule has 0 N–H and O–H groups in total. The van der Waals surface area contributed by atoms with Crippen molar-refractivity contribution in [3.8, 4) is 11.5 Å².